The van der Waals surface area contributed by atoms with E-state index >= 15 is 0 Å². The van der Waals surface area contributed by atoms with Gasteiger partial charge in [-0.05, 0) is 74.0 Å². The smallest absolute Gasteiger partial charge is 0.419 e. The van der Waals surface area contributed by atoms with E-state index in [1.807, 2.05) is 22.6 Å². The molecule has 0 aliphatic rings. The summed E-state index contributed by atoms with van der Waals surface area (Å²) in [5.41, 5.74) is -0.0966. The van der Waals surface area contributed by atoms with E-state index in [4.69, 9.17) is 4.74 Å². The Bertz CT molecular complexity index is 773. The summed E-state index contributed by atoms with van der Waals surface area (Å²) in [6.45, 7) is 6.90. The van der Waals surface area contributed by atoms with Gasteiger partial charge in [-0.3, -0.25) is 4.57 Å². The predicted octanol–water partition coefficient (Wildman–Crippen LogP) is 5.87. The zero-order valence-electron chi connectivity index (χ0n) is 13.7. The van der Waals surface area contributed by atoms with Crippen molar-refractivity contribution in [3.05, 3.63) is 45.2 Å². The van der Waals surface area contributed by atoms with Crippen LogP contribution in [0.25, 0.3) is 11.3 Å². The highest BCUT2D eigenvalue weighted by atomic mass is 127. The molecule has 0 aliphatic heterocycles. The van der Waals surface area contributed by atoms with Gasteiger partial charge in [0.25, 0.3) is 0 Å². The number of aromatic nitrogens is 1. The molecule has 2 aromatic rings. The molecule has 0 atom stereocenters. The molecular formula is C17H17F3INO2. The zero-order valence-corrected chi connectivity index (χ0v) is 15.8. The Morgan fingerprint density at radius 1 is 1.17 bits per heavy atom. The Hall–Kier alpha value is -1.51. The highest BCUT2D eigenvalue weighted by Gasteiger charge is 2.31. The van der Waals surface area contributed by atoms with Crippen molar-refractivity contribution in [2.45, 2.75) is 39.5 Å². The SMILES string of the molecule is Cc1ccc(C(F)(F)F)cc1-c1cc(I)cn1C(=O)OC(C)(C)C. The molecule has 1 aromatic heterocycles. The average Bonchev–Trinajstić information content (AvgIpc) is 2.78. The number of benzene rings is 1. The highest BCUT2D eigenvalue weighted by molar-refractivity contribution is 14.1. The monoisotopic (exact) mass is 451 g/mol. The van der Waals surface area contributed by atoms with Crippen molar-refractivity contribution in [3.8, 4) is 11.3 Å². The van der Waals surface area contributed by atoms with Crippen LogP contribution in [0.4, 0.5) is 18.0 Å². The number of nitrogens with zero attached hydrogens (tertiary/aromatic N) is 1. The summed E-state index contributed by atoms with van der Waals surface area (Å²) in [4.78, 5) is 12.4. The topological polar surface area (TPSA) is 31.2 Å². The lowest BCUT2D eigenvalue weighted by atomic mass is 10.0. The molecule has 24 heavy (non-hydrogen) atoms. The quantitative estimate of drug-likeness (QED) is 0.508. The molecule has 0 radical (unpaired) electrons. The maximum absolute atomic E-state index is 13.0. The van der Waals surface area contributed by atoms with E-state index in [9.17, 15) is 18.0 Å². The molecule has 0 saturated carbocycles. The fourth-order valence-electron chi connectivity index (χ4n) is 2.17. The van der Waals surface area contributed by atoms with Crippen molar-refractivity contribution < 1.29 is 22.7 Å². The third kappa shape index (κ3) is 4.31. The summed E-state index contributed by atoms with van der Waals surface area (Å²) < 4.78 is 46.3. The van der Waals surface area contributed by atoms with Crippen LogP contribution in [0.15, 0.2) is 30.5 Å². The number of ether oxygens (including phenoxy) is 1. The molecule has 0 fully saturated rings. The average molecular weight is 451 g/mol. The fourth-order valence-corrected chi connectivity index (χ4v) is 2.75. The van der Waals surface area contributed by atoms with Crippen LogP contribution in [0.1, 0.15) is 31.9 Å². The minimum Gasteiger partial charge on any atom is -0.443 e. The Morgan fingerprint density at radius 2 is 1.79 bits per heavy atom. The Kier molecular flexibility index (Phi) is 5.03. The van der Waals surface area contributed by atoms with Gasteiger partial charge in [-0.1, -0.05) is 6.07 Å². The number of alkyl halides is 3. The van der Waals surface area contributed by atoms with Gasteiger partial charge in [0.1, 0.15) is 5.60 Å². The van der Waals surface area contributed by atoms with Crippen LogP contribution in [-0.4, -0.2) is 16.3 Å². The van der Waals surface area contributed by atoms with E-state index in [1.54, 1.807) is 40.0 Å². The first-order valence-corrected chi connectivity index (χ1v) is 8.26. The molecule has 1 aromatic carbocycles. The van der Waals surface area contributed by atoms with Gasteiger partial charge in [-0.25, -0.2) is 4.79 Å². The van der Waals surface area contributed by atoms with Crippen LogP contribution in [0.2, 0.25) is 0 Å². The second-order valence-corrected chi connectivity index (χ2v) is 7.67. The fraction of sp³-hybridized carbons (Fsp3) is 0.353. The van der Waals surface area contributed by atoms with Crippen molar-refractivity contribution >= 4 is 28.7 Å². The first-order chi connectivity index (χ1) is 10.9. The number of carbonyl (C=O) groups is 1. The van der Waals surface area contributed by atoms with Gasteiger partial charge in [0.15, 0.2) is 0 Å². The molecule has 0 spiro atoms. The Labute approximate surface area is 151 Å². The summed E-state index contributed by atoms with van der Waals surface area (Å²) in [5, 5.41) is 0. The molecule has 0 saturated heterocycles. The predicted molar refractivity (Wildman–Crippen MR) is 94.0 cm³/mol. The number of halogens is 4. The molecule has 7 heteroatoms. The van der Waals surface area contributed by atoms with Gasteiger partial charge in [0, 0.05) is 15.3 Å². The maximum atomic E-state index is 13.0. The lowest BCUT2D eigenvalue weighted by molar-refractivity contribution is -0.137. The van der Waals surface area contributed by atoms with Gasteiger partial charge in [-0.2, -0.15) is 13.2 Å². The maximum Gasteiger partial charge on any atom is 0.419 e. The minimum absolute atomic E-state index is 0.346. The van der Waals surface area contributed by atoms with Gasteiger partial charge < -0.3 is 4.74 Å². The molecule has 0 N–H and O–H groups in total. The van der Waals surface area contributed by atoms with E-state index in [2.05, 4.69) is 0 Å². The summed E-state index contributed by atoms with van der Waals surface area (Å²) in [6, 6.07) is 5.15. The van der Waals surface area contributed by atoms with E-state index in [1.165, 1.54) is 10.6 Å². The first kappa shape index (κ1) is 18.8. The normalized spacial score (nSPS) is 12.3. The Morgan fingerprint density at radius 3 is 2.33 bits per heavy atom. The van der Waals surface area contributed by atoms with E-state index in [-0.39, 0.29) is 0 Å². The van der Waals surface area contributed by atoms with E-state index in [0.29, 0.717) is 16.8 Å². The summed E-state index contributed by atoms with van der Waals surface area (Å²) in [6.07, 6.45) is -3.53. The molecular weight excluding hydrogens is 434 g/mol. The van der Waals surface area contributed by atoms with Crippen LogP contribution >= 0.6 is 22.6 Å². The molecule has 3 nitrogen and oxygen atoms in total. The number of hydrogen-bond acceptors (Lipinski definition) is 2. The van der Waals surface area contributed by atoms with Gasteiger partial charge in [0.05, 0.1) is 11.3 Å². The van der Waals surface area contributed by atoms with E-state index < -0.39 is 23.4 Å². The van der Waals surface area contributed by atoms with Crippen molar-refractivity contribution in [3.63, 3.8) is 0 Å². The first-order valence-electron chi connectivity index (χ1n) is 7.18. The van der Waals surface area contributed by atoms with Crippen LogP contribution in [-0.2, 0) is 10.9 Å². The van der Waals surface area contributed by atoms with Gasteiger partial charge in [0.2, 0.25) is 0 Å². The lowest BCUT2D eigenvalue weighted by Crippen LogP contribution is -2.27. The zero-order chi connectivity index (χ0) is 18.3. The van der Waals surface area contributed by atoms with Crippen LogP contribution in [0.3, 0.4) is 0 Å². The second-order valence-electron chi connectivity index (χ2n) is 6.42. The Balaban J connectivity index is 2.56. The van der Waals surface area contributed by atoms with E-state index in [0.717, 1.165) is 15.7 Å². The van der Waals surface area contributed by atoms with Crippen LogP contribution in [0.5, 0.6) is 0 Å². The number of rotatable bonds is 1. The number of carbonyl (C=O) groups excluding carboxylic acids is 1. The lowest BCUT2D eigenvalue weighted by Gasteiger charge is -2.21. The summed E-state index contributed by atoms with van der Waals surface area (Å²) in [5.74, 6) is 0. The minimum atomic E-state index is -4.45. The third-order valence-corrected chi connectivity index (χ3v) is 3.81. The second kappa shape index (κ2) is 6.42. The summed E-state index contributed by atoms with van der Waals surface area (Å²) >= 11 is 2.01. The van der Waals surface area contributed by atoms with Crippen molar-refractivity contribution in [1.82, 2.24) is 4.57 Å². The number of aryl methyl sites for hydroxylation is 1. The highest BCUT2D eigenvalue weighted by Crippen LogP contribution is 2.35. The largest absolute Gasteiger partial charge is 0.443 e. The molecule has 2 rings (SSSR count). The van der Waals surface area contributed by atoms with Crippen molar-refractivity contribution in [2.24, 2.45) is 0 Å². The van der Waals surface area contributed by atoms with Crippen molar-refractivity contribution in [1.29, 1.82) is 0 Å². The van der Waals surface area contributed by atoms with Gasteiger partial charge >= 0.3 is 12.3 Å². The molecule has 130 valence electrons. The van der Waals surface area contributed by atoms with Gasteiger partial charge in [-0.15, -0.1) is 0 Å². The number of hydrogen-bond donors (Lipinski definition) is 0. The standard InChI is InChI=1S/C17H17F3INO2/c1-10-5-6-11(17(18,19)20)7-13(10)14-8-12(21)9-22(14)15(23)24-16(2,3)4/h5-9H,1-4H3. The molecule has 0 bridgehead atoms. The van der Waals surface area contributed by atoms with Crippen LogP contribution in [0, 0.1) is 10.5 Å². The third-order valence-electron chi connectivity index (χ3n) is 3.22. The summed E-state index contributed by atoms with van der Waals surface area (Å²) in [7, 11) is 0. The molecule has 0 unspecified atom stereocenters. The molecule has 1 heterocycles. The molecule has 0 amide bonds. The van der Waals surface area contributed by atoms with Crippen LogP contribution < -0.4 is 0 Å². The molecule has 0 aliphatic carbocycles. The van der Waals surface area contributed by atoms with Crippen molar-refractivity contribution in [2.75, 3.05) is 0 Å².